The van der Waals surface area contributed by atoms with Crippen LogP contribution < -0.4 is 5.32 Å². The number of hydrogen-bond acceptors (Lipinski definition) is 17. The molecule has 0 bridgehead atoms. The van der Waals surface area contributed by atoms with Crippen molar-refractivity contribution in [1.82, 2.24) is 0 Å². The molecule has 0 amide bonds. The average Bonchev–Trinajstić information content (AvgIpc) is 4.04. The molecule has 9 N–H and O–H groups in total. The highest BCUT2D eigenvalue weighted by Gasteiger charge is 2.86. The van der Waals surface area contributed by atoms with Crippen LogP contribution in [-0.2, 0) is 33.2 Å². The number of benzene rings is 1. The van der Waals surface area contributed by atoms with Crippen LogP contribution in [0.5, 0.6) is 0 Å². The Morgan fingerprint density at radius 2 is 1.55 bits per heavy atom. The van der Waals surface area contributed by atoms with Gasteiger partial charge < -0.3 is 79.4 Å². The summed E-state index contributed by atoms with van der Waals surface area (Å²) in [5.74, 6) is -0.659. The second-order valence-corrected chi connectivity index (χ2v) is 22.9. The Bertz CT molecular complexity index is 2010. The van der Waals surface area contributed by atoms with Gasteiger partial charge in [-0.25, -0.2) is 4.79 Å². The van der Waals surface area contributed by atoms with Gasteiger partial charge in [-0.15, -0.1) is 0 Å². The van der Waals surface area contributed by atoms with E-state index < -0.39 is 113 Å². The average molecular weight is 932 g/mol. The molecule has 0 unspecified atom stereocenters. The molecule has 1 aromatic carbocycles. The molecule has 1 aromatic rings. The summed E-state index contributed by atoms with van der Waals surface area (Å²) in [6.45, 7) is 11.7. The van der Waals surface area contributed by atoms with E-state index in [2.05, 4.69) is 33.0 Å². The van der Waals surface area contributed by atoms with Gasteiger partial charge in [-0.1, -0.05) is 46.8 Å². The molecular formula is C49H73NO16. The molecule has 5 aliphatic carbocycles. The fraction of sp³-hybridized carbons (Fsp3) is 0.837. The molecule has 23 atom stereocenters. The summed E-state index contributed by atoms with van der Waals surface area (Å²) in [5, 5.41) is 90.3. The van der Waals surface area contributed by atoms with Crippen LogP contribution in [0, 0.1) is 50.2 Å². The number of aldehydes is 1. The minimum atomic E-state index is -1.77. The number of rotatable bonds is 10. The second-order valence-electron chi connectivity index (χ2n) is 22.9. The fourth-order valence-corrected chi connectivity index (χ4v) is 15.7. The van der Waals surface area contributed by atoms with Crippen molar-refractivity contribution in [2.24, 2.45) is 50.2 Å². The third-order valence-corrected chi connectivity index (χ3v) is 19.9. The number of aliphatic hydroxyl groups is 8. The first-order valence-electron chi connectivity index (χ1n) is 24.1. The van der Waals surface area contributed by atoms with E-state index >= 15 is 0 Å². The molecule has 3 heterocycles. The highest BCUT2D eigenvalue weighted by molar-refractivity contribution is 5.95. The van der Waals surface area contributed by atoms with Crippen LogP contribution in [0.2, 0.25) is 0 Å². The van der Waals surface area contributed by atoms with Gasteiger partial charge >= 0.3 is 5.97 Å². The van der Waals surface area contributed by atoms with Crippen LogP contribution in [-0.4, -0.2) is 165 Å². The first-order valence-corrected chi connectivity index (χ1v) is 24.1. The molecule has 66 heavy (non-hydrogen) atoms. The number of nitrogens with one attached hydrogen (secondary N) is 1. The standard InChI is InChI=1S/C49H73NO16/c1-43(22-52)17-30-45(3,19-34(43)63-40(60)24-10-8-9-11-25(24)50-7)31(55)18-48(6)47(5)15-12-28-44(2,29(47)16-33-49(30,48)66-33)14-13-32(46(28,4)23-53)64-42-39(35(56)26(54)21-61-42)65-41-38(59)37(58)36(57)27(20-51)62-41/h8-11,22,26-39,41-42,50-51,53-59H,12-21,23H2,1-7H3/t26-,27+,28+,29+,30+,31-,32-,33+,34-,35-,36+,37-,38+,39+,41-,42-,43-,44-,45-,46-,47+,48-,49+/m0/s1. The number of carbonyl (C=O) groups is 2. The Labute approximate surface area is 386 Å². The van der Waals surface area contributed by atoms with E-state index in [1.807, 2.05) is 19.9 Å². The van der Waals surface area contributed by atoms with E-state index in [0.717, 1.165) is 25.5 Å². The molecule has 8 fully saturated rings. The van der Waals surface area contributed by atoms with Crippen molar-refractivity contribution < 1.29 is 78.9 Å². The lowest BCUT2D eigenvalue weighted by atomic mass is 9.31. The highest BCUT2D eigenvalue weighted by atomic mass is 16.8. The first kappa shape index (κ1) is 48.7. The Morgan fingerprint density at radius 3 is 2.23 bits per heavy atom. The molecule has 17 nitrogen and oxygen atoms in total. The van der Waals surface area contributed by atoms with E-state index in [4.69, 9.17) is 28.4 Å². The molecule has 3 saturated heterocycles. The Morgan fingerprint density at radius 1 is 0.818 bits per heavy atom. The zero-order valence-corrected chi connectivity index (χ0v) is 39.2. The van der Waals surface area contributed by atoms with Gasteiger partial charge in [-0.05, 0) is 93.1 Å². The molecule has 17 heteroatoms. The number of hydrogen-bond donors (Lipinski definition) is 9. The number of carbonyl (C=O) groups excluding carboxylic acids is 2. The Balaban J connectivity index is 0.964. The van der Waals surface area contributed by atoms with E-state index in [1.54, 1.807) is 25.2 Å². The van der Waals surface area contributed by atoms with Gasteiger partial charge in [0.2, 0.25) is 0 Å². The minimum Gasteiger partial charge on any atom is -0.458 e. The number of aliphatic hydroxyl groups excluding tert-OH is 8. The third kappa shape index (κ3) is 6.72. The maximum atomic E-state index is 13.7. The van der Waals surface area contributed by atoms with Gasteiger partial charge in [0.1, 0.15) is 60.7 Å². The third-order valence-electron chi connectivity index (χ3n) is 19.9. The Hall–Kier alpha value is -2.36. The molecule has 370 valence electrons. The van der Waals surface area contributed by atoms with Crippen LogP contribution in [0.4, 0.5) is 5.69 Å². The first-order chi connectivity index (χ1) is 31.1. The summed E-state index contributed by atoms with van der Waals surface area (Å²) in [5.41, 5.74) is -3.34. The topological polar surface area (TPSA) is 267 Å². The lowest BCUT2D eigenvalue weighted by molar-refractivity contribution is -0.368. The van der Waals surface area contributed by atoms with Crippen molar-refractivity contribution in [3.63, 3.8) is 0 Å². The van der Waals surface area contributed by atoms with Crippen LogP contribution in [0.15, 0.2) is 24.3 Å². The van der Waals surface area contributed by atoms with E-state index in [1.165, 1.54) is 0 Å². The normalized spacial score (nSPS) is 54.0. The van der Waals surface area contributed by atoms with Crippen LogP contribution >= 0.6 is 0 Å². The van der Waals surface area contributed by atoms with Crippen molar-refractivity contribution in [2.75, 3.05) is 32.2 Å². The predicted molar refractivity (Wildman–Crippen MR) is 233 cm³/mol. The number of anilines is 1. The van der Waals surface area contributed by atoms with Crippen molar-refractivity contribution in [1.29, 1.82) is 0 Å². The molecular weight excluding hydrogens is 859 g/mol. The number of ether oxygens (including phenoxy) is 6. The van der Waals surface area contributed by atoms with Crippen LogP contribution in [0.3, 0.4) is 0 Å². The summed E-state index contributed by atoms with van der Waals surface area (Å²) in [6, 6.07) is 7.10. The summed E-state index contributed by atoms with van der Waals surface area (Å²) >= 11 is 0. The lowest BCUT2D eigenvalue weighted by Crippen LogP contribution is -2.74. The zero-order valence-electron chi connectivity index (χ0n) is 39.2. The summed E-state index contributed by atoms with van der Waals surface area (Å²) in [7, 11) is 1.74. The van der Waals surface area contributed by atoms with Gasteiger partial charge in [0, 0.05) is 34.9 Å². The SMILES string of the molecule is CNc1ccccc1C(=O)O[C@H]1C[C@@]2(C)[C@@H](C[C@@]1(C)C=O)[C@@]13O[C@@H]1C[C@@H]1[C@@]4(C)CC[C@H](O[C@@H]5OC[C@H](O)[C@H](O)[C@H]5O[C@@H]5O[C@H](CO)[C@@H](O)[C@H](O)[C@H]5O)[C@@](C)(CO)[C@@H]4CC[C@@]1(C)[C@]3(C)C[C@@H]2O. The molecule has 8 aliphatic rings. The highest BCUT2D eigenvalue weighted by Crippen LogP contribution is 2.83. The van der Waals surface area contributed by atoms with E-state index in [-0.39, 0.29) is 47.9 Å². The molecule has 0 radical (unpaired) electrons. The summed E-state index contributed by atoms with van der Waals surface area (Å²) in [6.07, 6.45) is -10.4. The lowest BCUT2D eigenvalue weighted by Gasteiger charge is -2.73. The number of para-hydroxylation sites is 1. The van der Waals surface area contributed by atoms with Crippen LogP contribution in [0.1, 0.15) is 103 Å². The summed E-state index contributed by atoms with van der Waals surface area (Å²) < 4.78 is 37.7. The quantitative estimate of drug-likeness (QED) is 0.0699. The molecule has 3 aliphatic heterocycles. The van der Waals surface area contributed by atoms with Gasteiger partial charge in [0.05, 0.1) is 49.1 Å². The largest absolute Gasteiger partial charge is 0.458 e. The molecule has 0 aromatic heterocycles. The monoisotopic (exact) mass is 931 g/mol. The van der Waals surface area contributed by atoms with Gasteiger partial charge in [0.15, 0.2) is 12.6 Å². The fourth-order valence-electron chi connectivity index (χ4n) is 15.7. The number of epoxide rings is 1. The van der Waals surface area contributed by atoms with Crippen LogP contribution in [0.25, 0.3) is 0 Å². The minimum absolute atomic E-state index is 0.0547. The maximum Gasteiger partial charge on any atom is 0.340 e. The molecule has 5 saturated carbocycles. The molecule has 1 spiro atoms. The van der Waals surface area contributed by atoms with Gasteiger partial charge in [0.25, 0.3) is 0 Å². The zero-order chi connectivity index (χ0) is 47.7. The summed E-state index contributed by atoms with van der Waals surface area (Å²) in [4.78, 5) is 27.0. The molecule has 9 rings (SSSR count). The second kappa shape index (κ2) is 16.6. The predicted octanol–water partition coefficient (Wildman–Crippen LogP) is 1.67. The number of esters is 1. The van der Waals surface area contributed by atoms with Crippen molar-refractivity contribution in [2.45, 2.75) is 178 Å². The van der Waals surface area contributed by atoms with Crippen molar-refractivity contribution >= 4 is 17.9 Å². The van der Waals surface area contributed by atoms with Crippen molar-refractivity contribution in [3.8, 4) is 0 Å². The van der Waals surface area contributed by atoms with Crippen molar-refractivity contribution in [3.05, 3.63) is 29.8 Å². The smallest absolute Gasteiger partial charge is 0.340 e. The number of fused-ring (bicyclic) bond motifs is 5. The van der Waals surface area contributed by atoms with Gasteiger partial charge in [-0.2, -0.15) is 0 Å². The van der Waals surface area contributed by atoms with E-state index in [0.29, 0.717) is 43.4 Å². The van der Waals surface area contributed by atoms with E-state index in [9.17, 15) is 50.4 Å². The van der Waals surface area contributed by atoms with Gasteiger partial charge in [-0.3, -0.25) is 0 Å². The maximum absolute atomic E-state index is 13.7. The Kier molecular flexibility index (Phi) is 12.3.